The molecular weight excluding hydrogens is 280 g/mol. The number of ether oxygens (including phenoxy) is 1. The van der Waals surface area contributed by atoms with Crippen LogP contribution in [0, 0.1) is 5.92 Å². The van der Waals surface area contributed by atoms with Crippen LogP contribution in [0.5, 0.6) is 0 Å². The van der Waals surface area contributed by atoms with Gasteiger partial charge >= 0.3 is 6.09 Å². The van der Waals surface area contributed by atoms with Crippen molar-refractivity contribution in [1.82, 2.24) is 16.0 Å². The number of aliphatic imine (C=N–C) groups is 1. The Balaban J connectivity index is 4.07. The number of carbonyl (C=O) groups excluding carboxylic acids is 1. The van der Waals surface area contributed by atoms with E-state index in [2.05, 4.69) is 41.7 Å². The first-order chi connectivity index (χ1) is 10.2. The minimum Gasteiger partial charge on any atom is -0.444 e. The fraction of sp³-hybridized carbons (Fsp3) is 0.875. The highest BCUT2D eigenvalue weighted by atomic mass is 16.6. The fourth-order valence-corrected chi connectivity index (χ4v) is 1.48. The van der Waals surface area contributed by atoms with Gasteiger partial charge in [0.15, 0.2) is 5.96 Å². The normalized spacial score (nSPS) is 13.7. The van der Waals surface area contributed by atoms with Crippen LogP contribution in [0.3, 0.4) is 0 Å². The molecule has 0 aromatic carbocycles. The lowest BCUT2D eigenvalue weighted by Gasteiger charge is -2.21. The van der Waals surface area contributed by atoms with Crippen LogP contribution in [0.4, 0.5) is 4.79 Å². The van der Waals surface area contributed by atoms with Crippen molar-refractivity contribution in [3.63, 3.8) is 0 Å². The maximum absolute atomic E-state index is 11.5. The van der Waals surface area contributed by atoms with Crippen molar-refractivity contribution in [2.75, 3.05) is 19.6 Å². The van der Waals surface area contributed by atoms with Crippen molar-refractivity contribution in [2.24, 2.45) is 10.9 Å². The van der Waals surface area contributed by atoms with E-state index in [1.807, 2.05) is 27.7 Å². The zero-order chi connectivity index (χ0) is 17.2. The third-order valence-electron chi connectivity index (χ3n) is 2.98. The summed E-state index contributed by atoms with van der Waals surface area (Å²) in [4.78, 5) is 16.0. The van der Waals surface area contributed by atoms with Crippen LogP contribution in [0.15, 0.2) is 4.99 Å². The van der Waals surface area contributed by atoms with Crippen LogP contribution < -0.4 is 16.0 Å². The summed E-state index contributed by atoms with van der Waals surface area (Å²) in [5.74, 6) is 1.36. The van der Waals surface area contributed by atoms with E-state index < -0.39 is 5.60 Å². The van der Waals surface area contributed by atoms with E-state index >= 15 is 0 Å². The monoisotopic (exact) mass is 314 g/mol. The Morgan fingerprint density at radius 3 is 2.32 bits per heavy atom. The number of hydrogen-bond donors (Lipinski definition) is 3. The van der Waals surface area contributed by atoms with Crippen LogP contribution in [0.25, 0.3) is 0 Å². The molecular formula is C16H34N4O2. The summed E-state index contributed by atoms with van der Waals surface area (Å²) in [6, 6.07) is 0.359. The Morgan fingerprint density at radius 2 is 1.82 bits per heavy atom. The molecule has 0 aromatic rings. The van der Waals surface area contributed by atoms with E-state index in [4.69, 9.17) is 4.74 Å². The molecule has 0 rings (SSSR count). The molecule has 130 valence electrons. The highest BCUT2D eigenvalue weighted by Gasteiger charge is 2.15. The quantitative estimate of drug-likeness (QED) is 0.383. The lowest BCUT2D eigenvalue weighted by molar-refractivity contribution is 0.0527. The molecule has 1 amide bonds. The average Bonchev–Trinajstić information content (AvgIpc) is 2.36. The van der Waals surface area contributed by atoms with Crippen molar-refractivity contribution >= 4 is 12.1 Å². The van der Waals surface area contributed by atoms with Gasteiger partial charge in [-0.05, 0) is 47.0 Å². The van der Waals surface area contributed by atoms with E-state index in [0.717, 1.165) is 18.9 Å². The maximum Gasteiger partial charge on any atom is 0.407 e. The zero-order valence-electron chi connectivity index (χ0n) is 15.2. The lowest BCUT2D eigenvalue weighted by atomic mass is 10.1. The van der Waals surface area contributed by atoms with Crippen molar-refractivity contribution in [1.29, 1.82) is 0 Å². The van der Waals surface area contributed by atoms with Crippen LogP contribution >= 0.6 is 0 Å². The molecule has 6 heteroatoms. The first-order valence-corrected chi connectivity index (χ1v) is 8.17. The van der Waals surface area contributed by atoms with Gasteiger partial charge in [0.05, 0.1) is 0 Å². The number of nitrogens with one attached hydrogen (secondary N) is 3. The number of guanidine groups is 1. The summed E-state index contributed by atoms with van der Waals surface area (Å²) in [7, 11) is 0. The van der Waals surface area contributed by atoms with E-state index in [0.29, 0.717) is 25.0 Å². The summed E-state index contributed by atoms with van der Waals surface area (Å²) in [5.41, 5.74) is -0.461. The van der Waals surface area contributed by atoms with Crippen molar-refractivity contribution in [2.45, 2.75) is 66.5 Å². The second-order valence-corrected chi connectivity index (χ2v) is 6.72. The zero-order valence-corrected chi connectivity index (χ0v) is 15.2. The van der Waals surface area contributed by atoms with Gasteiger partial charge in [0.2, 0.25) is 0 Å². The predicted octanol–water partition coefficient (Wildman–Crippen LogP) is 2.50. The van der Waals surface area contributed by atoms with Gasteiger partial charge in [0.1, 0.15) is 5.60 Å². The molecule has 0 saturated heterocycles. The second-order valence-electron chi connectivity index (χ2n) is 6.72. The van der Waals surface area contributed by atoms with E-state index in [9.17, 15) is 4.79 Å². The largest absolute Gasteiger partial charge is 0.444 e. The van der Waals surface area contributed by atoms with E-state index in [1.165, 1.54) is 0 Å². The van der Waals surface area contributed by atoms with Crippen LogP contribution in [0.1, 0.15) is 54.9 Å². The van der Waals surface area contributed by atoms with E-state index in [-0.39, 0.29) is 6.09 Å². The third-order valence-corrected chi connectivity index (χ3v) is 2.98. The van der Waals surface area contributed by atoms with Crippen LogP contribution in [-0.4, -0.2) is 43.3 Å². The minimum atomic E-state index is -0.461. The number of carbonyl (C=O) groups is 1. The van der Waals surface area contributed by atoms with Gasteiger partial charge < -0.3 is 20.7 Å². The standard InChI is InChI=1S/C16H34N4O2/c1-8-17-14(20-13(4)12(2)3)18-10-9-11-19-15(21)22-16(5,6)7/h12-13H,8-11H2,1-7H3,(H,19,21)(H2,17,18,20). The molecule has 22 heavy (non-hydrogen) atoms. The van der Waals surface area contributed by atoms with Gasteiger partial charge in [0, 0.05) is 25.7 Å². The predicted molar refractivity (Wildman–Crippen MR) is 92.3 cm³/mol. The number of nitrogens with zero attached hydrogens (tertiary/aromatic N) is 1. The molecule has 0 saturated carbocycles. The average molecular weight is 314 g/mol. The molecule has 0 aromatic heterocycles. The number of amides is 1. The third kappa shape index (κ3) is 11.2. The highest BCUT2D eigenvalue weighted by molar-refractivity contribution is 5.80. The van der Waals surface area contributed by atoms with Crippen LogP contribution in [-0.2, 0) is 4.74 Å². The fourth-order valence-electron chi connectivity index (χ4n) is 1.48. The van der Waals surface area contributed by atoms with Gasteiger partial charge in [-0.3, -0.25) is 4.99 Å². The molecule has 0 aliphatic carbocycles. The Bertz CT molecular complexity index is 349. The summed E-state index contributed by atoms with van der Waals surface area (Å²) in [5, 5.41) is 9.33. The molecule has 3 N–H and O–H groups in total. The minimum absolute atomic E-state index is 0.359. The number of alkyl carbamates (subject to hydrolysis) is 1. The first kappa shape index (κ1) is 20.5. The van der Waals surface area contributed by atoms with E-state index in [1.54, 1.807) is 0 Å². The molecule has 0 aliphatic rings. The lowest BCUT2D eigenvalue weighted by Crippen LogP contribution is -2.44. The van der Waals surface area contributed by atoms with Crippen LogP contribution in [0.2, 0.25) is 0 Å². The smallest absolute Gasteiger partial charge is 0.407 e. The van der Waals surface area contributed by atoms with Gasteiger partial charge in [-0.2, -0.15) is 0 Å². The molecule has 6 nitrogen and oxygen atoms in total. The van der Waals surface area contributed by atoms with Gasteiger partial charge in [0.25, 0.3) is 0 Å². The number of hydrogen-bond acceptors (Lipinski definition) is 3. The highest BCUT2D eigenvalue weighted by Crippen LogP contribution is 2.06. The van der Waals surface area contributed by atoms with Gasteiger partial charge in [-0.1, -0.05) is 13.8 Å². The summed E-state index contributed by atoms with van der Waals surface area (Å²) < 4.78 is 5.17. The summed E-state index contributed by atoms with van der Waals surface area (Å²) in [6.07, 6.45) is 0.390. The molecule has 1 unspecified atom stereocenters. The number of rotatable bonds is 7. The molecule has 1 atom stereocenters. The van der Waals surface area contributed by atoms with Gasteiger partial charge in [-0.25, -0.2) is 4.79 Å². The Hall–Kier alpha value is -1.46. The molecule has 0 fully saturated rings. The Morgan fingerprint density at radius 1 is 1.18 bits per heavy atom. The summed E-state index contributed by atoms with van der Waals surface area (Å²) >= 11 is 0. The van der Waals surface area contributed by atoms with Crippen molar-refractivity contribution in [3.05, 3.63) is 0 Å². The maximum atomic E-state index is 11.5. The molecule has 0 bridgehead atoms. The van der Waals surface area contributed by atoms with Crippen molar-refractivity contribution < 1.29 is 9.53 Å². The molecule has 0 aliphatic heterocycles. The molecule has 0 spiro atoms. The second kappa shape index (κ2) is 10.3. The topological polar surface area (TPSA) is 74.8 Å². The first-order valence-electron chi connectivity index (χ1n) is 8.17. The Kier molecular flexibility index (Phi) is 9.61. The SMILES string of the molecule is CCNC(=NCCCNC(=O)OC(C)(C)C)NC(C)C(C)C. The van der Waals surface area contributed by atoms with Gasteiger partial charge in [-0.15, -0.1) is 0 Å². The molecule has 0 heterocycles. The Labute approximate surface area is 135 Å². The summed E-state index contributed by atoms with van der Waals surface area (Å²) in [6.45, 7) is 16.1. The molecule has 0 radical (unpaired) electrons. The van der Waals surface area contributed by atoms with Crippen molar-refractivity contribution in [3.8, 4) is 0 Å².